The van der Waals surface area contributed by atoms with E-state index in [1.807, 2.05) is 6.07 Å². The van der Waals surface area contributed by atoms with Gasteiger partial charge in [0.2, 0.25) is 0 Å². The van der Waals surface area contributed by atoms with Crippen molar-refractivity contribution in [2.24, 2.45) is 0 Å². The number of hydrogen-bond acceptors (Lipinski definition) is 4. The lowest BCUT2D eigenvalue weighted by Gasteiger charge is -2.17. The Labute approximate surface area is 151 Å². The molecule has 0 saturated heterocycles. The van der Waals surface area contributed by atoms with Crippen LogP contribution in [0.2, 0.25) is 0 Å². The molecule has 0 aliphatic heterocycles. The van der Waals surface area contributed by atoms with Crippen molar-refractivity contribution in [2.75, 3.05) is 12.4 Å². The van der Waals surface area contributed by atoms with Crippen LogP contribution >= 0.6 is 0 Å². The lowest BCUT2D eigenvalue weighted by atomic mass is 10.1. The number of hydrogen-bond donors (Lipinski definition) is 1. The fourth-order valence-electron chi connectivity index (χ4n) is 3.03. The Morgan fingerprint density at radius 1 is 1.23 bits per heavy atom. The normalized spacial score (nSPS) is 13.9. The number of methoxy groups -OCH3 is 1. The fraction of sp³-hybridized carbons (Fsp3) is 0.300. The number of nitriles is 1. The molecule has 1 saturated carbocycles. The molecule has 0 atom stereocenters. The van der Waals surface area contributed by atoms with Crippen LogP contribution in [0.4, 0.5) is 10.1 Å². The van der Waals surface area contributed by atoms with Gasteiger partial charge in [0, 0.05) is 6.07 Å². The molecule has 0 radical (unpaired) electrons. The number of amides is 1. The Hall–Kier alpha value is -3.07. The molecule has 1 aliphatic carbocycles. The summed E-state index contributed by atoms with van der Waals surface area (Å²) in [7, 11) is 1.43. The number of benzene rings is 2. The maximum Gasteiger partial charge on any atom is 0.258 e. The van der Waals surface area contributed by atoms with E-state index in [1.165, 1.54) is 13.2 Å². The molecule has 1 amide bonds. The molecule has 2 aromatic carbocycles. The summed E-state index contributed by atoms with van der Waals surface area (Å²) in [5.41, 5.74) is 0.470. The number of para-hydroxylation sites is 1. The summed E-state index contributed by atoms with van der Waals surface area (Å²) in [6.07, 6.45) is 4.08. The minimum Gasteiger partial charge on any atom is -0.493 e. The molecule has 1 fully saturated rings. The number of ether oxygens (including phenoxy) is 2. The first-order valence-corrected chi connectivity index (χ1v) is 8.47. The molecule has 0 unspecified atom stereocenters. The highest BCUT2D eigenvalue weighted by atomic mass is 19.1. The van der Waals surface area contributed by atoms with E-state index >= 15 is 0 Å². The van der Waals surface area contributed by atoms with Gasteiger partial charge in [0.25, 0.3) is 5.91 Å². The Balaban J connectivity index is 1.88. The second kappa shape index (κ2) is 7.87. The minimum atomic E-state index is -0.715. The molecular formula is C20H19FN2O3. The van der Waals surface area contributed by atoms with Gasteiger partial charge in [0.15, 0.2) is 11.5 Å². The van der Waals surface area contributed by atoms with Crippen LogP contribution in [0.1, 0.15) is 41.6 Å². The van der Waals surface area contributed by atoms with Gasteiger partial charge in [0.05, 0.1) is 30.0 Å². The zero-order chi connectivity index (χ0) is 18.5. The monoisotopic (exact) mass is 354 g/mol. The first-order chi connectivity index (χ1) is 12.6. The third kappa shape index (κ3) is 3.77. The molecule has 6 heteroatoms. The Morgan fingerprint density at radius 3 is 2.65 bits per heavy atom. The van der Waals surface area contributed by atoms with Crippen molar-refractivity contribution in [3.05, 3.63) is 53.3 Å². The predicted octanol–water partition coefficient (Wildman–Crippen LogP) is 4.28. The summed E-state index contributed by atoms with van der Waals surface area (Å²) in [4.78, 5) is 12.5. The van der Waals surface area contributed by atoms with Crippen molar-refractivity contribution in [1.82, 2.24) is 0 Å². The molecule has 0 bridgehead atoms. The van der Waals surface area contributed by atoms with Crippen LogP contribution in [-0.2, 0) is 0 Å². The van der Waals surface area contributed by atoms with Crippen molar-refractivity contribution >= 4 is 11.6 Å². The molecule has 5 nitrogen and oxygen atoms in total. The van der Waals surface area contributed by atoms with E-state index in [0.29, 0.717) is 17.0 Å². The first kappa shape index (κ1) is 17.7. The van der Waals surface area contributed by atoms with Crippen molar-refractivity contribution in [3.63, 3.8) is 0 Å². The van der Waals surface area contributed by atoms with Crippen molar-refractivity contribution in [3.8, 4) is 17.6 Å². The number of carbonyl (C=O) groups is 1. The van der Waals surface area contributed by atoms with Crippen LogP contribution in [0.25, 0.3) is 0 Å². The quantitative estimate of drug-likeness (QED) is 0.870. The van der Waals surface area contributed by atoms with Gasteiger partial charge in [-0.1, -0.05) is 12.1 Å². The summed E-state index contributed by atoms with van der Waals surface area (Å²) in [6.45, 7) is 0. The average Bonchev–Trinajstić information content (AvgIpc) is 3.16. The molecule has 3 rings (SSSR count). The topological polar surface area (TPSA) is 71.3 Å². The van der Waals surface area contributed by atoms with Gasteiger partial charge in [-0.15, -0.1) is 0 Å². The van der Waals surface area contributed by atoms with E-state index in [1.54, 1.807) is 24.3 Å². The number of anilines is 1. The molecule has 1 aliphatic rings. The van der Waals surface area contributed by atoms with Gasteiger partial charge < -0.3 is 14.8 Å². The van der Waals surface area contributed by atoms with Crippen molar-refractivity contribution in [2.45, 2.75) is 31.8 Å². The third-order valence-corrected chi connectivity index (χ3v) is 4.39. The molecular weight excluding hydrogens is 335 g/mol. The van der Waals surface area contributed by atoms with Gasteiger partial charge in [0.1, 0.15) is 11.9 Å². The molecule has 0 aromatic heterocycles. The maximum absolute atomic E-state index is 14.4. The molecule has 26 heavy (non-hydrogen) atoms. The van der Waals surface area contributed by atoms with E-state index in [4.69, 9.17) is 14.7 Å². The van der Waals surface area contributed by atoms with Crippen molar-refractivity contribution in [1.29, 1.82) is 5.26 Å². The minimum absolute atomic E-state index is 0.0459. The number of rotatable bonds is 5. The first-order valence-electron chi connectivity index (χ1n) is 8.47. The molecule has 0 heterocycles. The third-order valence-electron chi connectivity index (χ3n) is 4.39. The van der Waals surface area contributed by atoms with E-state index in [2.05, 4.69) is 5.32 Å². The summed E-state index contributed by atoms with van der Waals surface area (Å²) in [6, 6.07) is 11.0. The zero-order valence-corrected chi connectivity index (χ0v) is 14.4. The van der Waals surface area contributed by atoms with Crippen LogP contribution in [-0.4, -0.2) is 19.1 Å². The highest BCUT2D eigenvalue weighted by Crippen LogP contribution is 2.34. The summed E-state index contributed by atoms with van der Waals surface area (Å²) < 4.78 is 25.5. The van der Waals surface area contributed by atoms with E-state index in [9.17, 15) is 9.18 Å². The summed E-state index contributed by atoms with van der Waals surface area (Å²) >= 11 is 0. The number of nitrogens with one attached hydrogen (secondary N) is 1. The second-order valence-electron chi connectivity index (χ2n) is 6.12. The highest BCUT2D eigenvalue weighted by molar-refractivity contribution is 6.05. The Morgan fingerprint density at radius 2 is 1.96 bits per heavy atom. The highest BCUT2D eigenvalue weighted by Gasteiger charge is 2.22. The van der Waals surface area contributed by atoms with Gasteiger partial charge in [-0.2, -0.15) is 5.26 Å². The second-order valence-corrected chi connectivity index (χ2v) is 6.12. The summed E-state index contributed by atoms with van der Waals surface area (Å²) in [5, 5.41) is 11.7. The van der Waals surface area contributed by atoms with Crippen molar-refractivity contribution < 1.29 is 18.7 Å². The predicted molar refractivity (Wildman–Crippen MR) is 94.9 cm³/mol. The van der Waals surface area contributed by atoms with Crippen LogP contribution in [0, 0.1) is 17.1 Å². The molecule has 0 spiro atoms. The maximum atomic E-state index is 14.4. The van der Waals surface area contributed by atoms with Crippen LogP contribution in [0.5, 0.6) is 11.5 Å². The Bertz CT molecular complexity index is 855. The largest absolute Gasteiger partial charge is 0.493 e. The number of carbonyl (C=O) groups excluding carboxylic acids is 1. The fourth-order valence-corrected chi connectivity index (χ4v) is 3.03. The van der Waals surface area contributed by atoms with E-state index in [0.717, 1.165) is 31.7 Å². The standard InChI is InChI=1S/C20H19FN2O3/c1-25-18-11-16(21)15(10-19(18)26-14-7-3-4-8-14)20(24)23-17-9-5-2-6-13(17)12-22/h2,5-6,9-11,14H,3-4,7-8H2,1H3,(H,23,24). The van der Waals surface area contributed by atoms with Crippen LogP contribution in [0.15, 0.2) is 36.4 Å². The number of nitrogens with zero attached hydrogens (tertiary/aromatic N) is 1. The van der Waals surface area contributed by atoms with E-state index in [-0.39, 0.29) is 17.4 Å². The van der Waals surface area contributed by atoms with Gasteiger partial charge in [-0.05, 0) is 43.9 Å². The molecule has 2 aromatic rings. The SMILES string of the molecule is COc1cc(F)c(C(=O)Nc2ccccc2C#N)cc1OC1CCCC1. The van der Waals surface area contributed by atoms with Crippen LogP contribution in [0.3, 0.4) is 0 Å². The number of halogens is 1. The molecule has 1 N–H and O–H groups in total. The lowest BCUT2D eigenvalue weighted by molar-refractivity contribution is 0.102. The van der Waals surface area contributed by atoms with Gasteiger partial charge in [-0.25, -0.2) is 4.39 Å². The Kier molecular flexibility index (Phi) is 5.37. The van der Waals surface area contributed by atoms with E-state index < -0.39 is 11.7 Å². The molecule has 134 valence electrons. The zero-order valence-electron chi connectivity index (χ0n) is 14.4. The lowest BCUT2D eigenvalue weighted by Crippen LogP contribution is -2.16. The van der Waals surface area contributed by atoms with Gasteiger partial charge >= 0.3 is 0 Å². The summed E-state index contributed by atoms with van der Waals surface area (Å²) in [5.74, 6) is -0.764. The smallest absolute Gasteiger partial charge is 0.258 e. The van der Waals surface area contributed by atoms with Gasteiger partial charge in [-0.3, -0.25) is 4.79 Å². The van der Waals surface area contributed by atoms with Crippen LogP contribution < -0.4 is 14.8 Å². The average molecular weight is 354 g/mol.